The fourth-order valence-corrected chi connectivity index (χ4v) is 3.45. The number of hydrogen-bond acceptors (Lipinski definition) is 2. The summed E-state index contributed by atoms with van der Waals surface area (Å²) in [5.74, 6) is -0.124. The number of para-hydroxylation sites is 1. The Hall–Kier alpha value is -2.62. The molecule has 1 unspecified atom stereocenters. The number of unbranched alkanes of at least 4 members (excludes halogenated alkanes) is 3. The van der Waals surface area contributed by atoms with Gasteiger partial charge < -0.3 is 4.90 Å². The molecule has 136 valence electrons. The Bertz CT molecular complexity index is 730. The van der Waals surface area contributed by atoms with Crippen LogP contribution in [0.3, 0.4) is 0 Å². The summed E-state index contributed by atoms with van der Waals surface area (Å²) in [6.45, 7) is 2.80. The molecular weight excluding hydrogens is 324 g/mol. The lowest BCUT2D eigenvalue weighted by atomic mass is 10.0. The van der Waals surface area contributed by atoms with Crippen molar-refractivity contribution >= 4 is 17.6 Å². The van der Waals surface area contributed by atoms with Crippen LogP contribution in [-0.4, -0.2) is 29.4 Å². The van der Waals surface area contributed by atoms with Gasteiger partial charge in [0, 0.05) is 13.0 Å². The Morgan fingerprint density at radius 2 is 1.50 bits per heavy atom. The van der Waals surface area contributed by atoms with Crippen LogP contribution in [0.4, 0.5) is 10.5 Å². The number of urea groups is 1. The summed E-state index contributed by atoms with van der Waals surface area (Å²) in [5, 5.41) is 0. The number of nitrogens with zero attached hydrogens (tertiary/aromatic N) is 2. The maximum absolute atomic E-state index is 13.1. The van der Waals surface area contributed by atoms with Gasteiger partial charge in [0.2, 0.25) is 0 Å². The van der Waals surface area contributed by atoms with Crippen molar-refractivity contribution in [1.29, 1.82) is 0 Å². The number of carbonyl (C=O) groups is 2. The molecule has 1 aliphatic heterocycles. The second-order valence-corrected chi connectivity index (χ2v) is 6.75. The molecule has 2 aromatic rings. The van der Waals surface area contributed by atoms with Crippen LogP contribution in [0.2, 0.25) is 0 Å². The Balaban J connectivity index is 1.82. The highest BCUT2D eigenvalue weighted by atomic mass is 16.2. The third-order valence-corrected chi connectivity index (χ3v) is 4.86. The Labute approximate surface area is 155 Å². The smallest absolute Gasteiger partial charge is 0.312 e. The molecule has 1 saturated heterocycles. The summed E-state index contributed by atoms with van der Waals surface area (Å²) in [7, 11) is 0. The molecule has 3 rings (SSSR count). The predicted octanol–water partition coefficient (Wildman–Crippen LogP) is 4.65. The van der Waals surface area contributed by atoms with Crippen molar-refractivity contribution in [3.8, 4) is 0 Å². The van der Waals surface area contributed by atoms with Crippen molar-refractivity contribution in [2.24, 2.45) is 0 Å². The van der Waals surface area contributed by atoms with Gasteiger partial charge in [-0.15, -0.1) is 0 Å². The lowest BCUT2D eigenvalue weighted by Crippen LogP contribution is -2.37. The highest BCUT2D eigenvalue weighted by Crippen LogP contribution is 2.27. The maximum Gasteiger partial charge on any atom is 0.332 e. The molecule has 3 amide bonds. The lowest BCUT2D eigenvalue weighted by molar-refractivity contribution is -0.119. The van der Waals surface area contributed by atoms with Crippen LogP contribution in [0.1, 0.15) is 38.2 Å². The number of amides is 3. The van der Waals surface area contributed by atoms with Crippen molar-refractivity contribution in [2.75, 3.05) is 11.4 Å². The van der Waals surface area contributed by atoms with E-state index in [2.05, 4.69) is 6.92 Å². The summed E-state index contributed by atoms with van der Waals surface area (Å²) in [6.07, 6.45) is 4.87. The van der Waals surface area contributed by atoms with Crippen molar-refractivity contribution in [1.82, 2.24) is 4.90 Å². The molecule has 1 aliphatic rings. The van der Waals surface area contributed by atoms with Gasteiger partial charge in [-0.25, -0.2) is 9.69 Å². The fraction of sp³-hybridized carbons (Fsp3) is 0.364. The standard InChI is InChI=1S/C22H26N2O2/c1-2-3-4-11-16-23-20(17-18-12-7-5-8-13-18)21(25)24(22(23)26)19-14-9-6-10-15-19/h5-10,12-15,20H,2-4,11,16-17H2,1H3. The zero-order valence-corrected chi connectivity index (χ0v) is 15.3. The molecule has 0 spiro atoms. The van der Waals surface area contributed by atoms with E-state index in [9.17, 15) is 9.59 Å². The van der Waals surface area contributed by atoms with Gasteiger partial charge in [-0.1, -0.05) is 74.7 Å². The first kappa shape index (κ1) is 18.2. The molecule has 0 N–H and O–H groups in total. The van der Waals surface area contributed by atoms with Gasteiger partial charge in [-0.3, -0.25) is 4.79 Å². The number of carbonyl (C=O) groups excluding carboxylic acids is 2. The molecule has 0 bridgehead atoms. The quantitative estimate of drug-likeness (QED) is 0.514. The summed E-state index contributed by atoms with van der Waals surface area (Å²) in [4.78, 5) is 29.2. The minimum atomic E-state index is -0.424. The Morgan fingerprint density at radius 3 is 2.15 bits per heavy atom. The van der Waals surface area contributed by atoms with Gasteiger partial charge in [0.15, 0.2) is 0 Å². The van der Waals surface area contributed by atoms with Crippen molar-refractivity contribution in [3.05, 3.63) is 66.2 Å². The van der Waals surface area contributed by atoms with Gasteiger partial charge in [0.25, 0.3) is 5.91 Å². The minimum Gasteiger partial charge on any atom is -0.312 e. The SMILES string of the molecule is CCCCCCN1C(=O)N(c2ccccc2)C(=O)C1Cc1ccccc1. The molecule has 1 heterocycles. The van der Waals surface area contributed by atoms with E-state index >= 15 is 0 Å². The third kappa shape index (κ3) is 3.96. The summed E-state index contributed by atoms with van der Waals surface area (Å²) in [6, 6.07) is 18.5. The molecule has 2 aromatic carbocycles. The number of rotatable bonds is 8. The molecular formula is C22H26N2O2. The molecule has 1 atom stereocenters. The van der Waals surface area contributed by atoms with E-state index in [0.29, 0.717) is 18.7 Å². The highest BCUT2D eigenvalue weighted by molar-refractivity contribution is 6.21. The molecule has 4 nitrogen and oxygen atoms in total. The third-order valence-electron chi connectivity index (χ3n) is 4.86. The summed E-state index contributed by atoms with van der Waals surface area (Å²) >= 11 is 0. The van der Waals surface area contributed by atoms with Gasteiger partial charge in [0.05, 0.1) is 5.69 Å². The predicted molar refractivity (Wildman–Crippen MR) is 104 cm³/mol. The van der Waals surface area contributed by atoms with Gasteiger partial charge in [-0.05, 0) is 24.1 Å². The number of imide groups is 1. The summed E-state index contributed by atoms with van der Waals surface area (Å²) < 4.78 is 0. The van der Waals surface area contributed by atoms with Crippen LogP contribution < -0.4 is 4.90 Å². The van der Waals surface area contributed by atoms with E-state index in [4.69, 9.17) is 0 Å². The first-order valence-electron chi connectivity index (χ1n) is 9.46. The zero-order valence-electron chi connectivity index (χ0n) is 15.3. The highest BCUT2D eigenvalue weighted by Gasteiger charge is 2.45. The molecule has 1 fully saturated rings. The molecule has 26 heavy (non-hydrogen) atoms. The van der Waals surface area contributed by atoms with Gasteiger partial charge >= 0.3 is 6.03 Å². The van der Waals surface area contributed by atoms with Crippen LogP contribution in [-0.2, 0) is 11.2 Å². The van der Waals surface area contributed by atoms with Crippen LogP contribution in [0.25, 0.3) is 0 Å². The molecule has 0 saturated carbocycles. The van der Waals surface area contributed by atoms with E-state index in [0.717, 1.165) is 31.2 Å². The maximum atomic E-state index is 13.1. The molecule has 0 aliphatic carbocycles. The van der Waals surface area contributed by atoms with E-state index in [-0.39, 0.29) is 11.9 Å². The molecule has 0 radical (unpaired) electrons. The number of anilines is 1. The lowest BCUT2D eigenvalue weighted by Gasteiger charge is -2.22. The van der Waals surface area contributed by atoms with E-state index in [1.165, 1.54) is 4.90 Å². The monoisotopic (exact) mass is 350 g/mol. The van der Waals surface area contributed by atoms with E-state index in [1.807, 2.05) is 60.7 Å². The first-order chi connectivity index (χ1) is 12.7. The van der Waals surface area contributed by atoms with Crippen molar-refractivity contribution < 1.29 is 9.59 Å². The average molecular weight is 350 g/mol. The van der Waals surface area contributed by atoms with Crippen LogP contribution in [0, 0.1) is 0 Å². The summed E-state index contributed by atoms with van der Waals surface area (Å²) in [5.41, 5.74) is 1.73. The Kier molecular flexibility index (Phi) is 6.05. The molecule has 0 aromatic heterocycles. The fourth-order valence-electron chi connectivity index (χ4n) is 3.45. The number of benzene rings is 2. The minimum absolute atomic E-state index is 0.124. The molecule has 4 heteroatoms. The van der Waals surface area contributed by atoms with Crippen LogP contribution >= 0.6 is 0 Å². The van der Waals surface area contributed by atoms with Crippen molar-refractivity contribution in [3.63, 3.8) is 0 Å². The van der Waals surface area contributed by atoms with E-state index in [1.54, 1.807) is 4.90 Å². The Morgan fingerprint density at radius 1 is 0.846 bits per heavy atom. The normalized spacial score (nSPS) is 17.2. The van der Waals surface area contributed by atoms with Crippen molar-refractivity contribution in [2.45, 2.75) is 45.1 Å². The van der Waals surface area contributed by atoms with Gasteiger partial charge in [0.1, 0.15) is 6.04 Å². The topological polar surface area (TPSA) is 40.6 Å². The first-order valence-corrected chi connectivity index (χ1v) is 9.46. The van der Waals surface area contributed by atoms with Gasteiger partial charge in [-0.2, -0.15) is 0 Å². The van der Waals surface area contributed by atoms with E-state index < -0.39 is 6.04 Å². The second kappa shape index (κ2) is 8.65. The average Bonchev–Trinajstić information content (AvgIpc) is 2.90. The second-order valence-electron chi connectivity index (χ2n) is 6.75. The number of hydrogen-bond donors (Lipinski definition) is 0. The zero-order chi connectivity index (χ0) is 18.4. The van der Waals surface area contributed by atoms with Crippen LogP contribution in [0.5, 0.6) is 0 Å². The largest absolute Gasteiger partial charge is 0.332 e. The van der Waals surface area contributed by atoms with Crippen LogP contribution in [0.15, 0.2) is 60.7 Å².